The van der Waals surface area contributed by atoms with Crippen LogP contribution >= 0.6 is 0 Å². The molecule has 0 aromatic heterocycles. The van der Waals surface area contributed by atoms with Gasteiger partial charge >= 0.3 is 0 Å². The fourth-order valence-electron chi connectivity index (χ4n) is 2.64. The molecular formula is C21H28N2O5S. The van der Waals surface area contributed by atoms with E-state index in [2.05, 4.69) is 10.0 Å². The predicted molar refractivity (Wildman–Crippen MR) is 112 cm³/mol. The van der Waals surface area contributed by atoms with Crippen molar-refractivity contribution in [2.24, 2.45) is 0 Å². The van der Waals surface area contributed by atoms with Crippen molar-refractivity contribution in [2.75, 3.05) is 20.3 Å². The first-order chi connectivity index (χ1) is 13.7. The third kappa shape index (κ3) is 6.85. The van der Waals surface area contributed by atoms with Crippen LogP contribution in [0.4, 0.5) is 0 Å². The number of ether oxygens (including phenoxy) is 2. The minimum Gasteiger partial charge on any atom is -0.491 e. The second kappa shape index (κ2) is 10.4. The summed E-state index contributed by atoms with van der Waals surface area (Å²) in [5.41, 5.74) is 1.29. The molecule has 1 atom stereocenters. The van der Waals surface area contributed by atoms with E-state index in [1.54, 1.807) is 0 Å². The highest BCUT2D eigenvalue weighted by Gasteiger charge is 2.16. The summed E-state index contributed by atoms with van der Waals surface area (Å²) in [5, 5.41) is 2.92. The molecule has 1 unspecified atom stereocenters. The Bertz CT molecular complexity index is 911. The van der Waals surface area contributed by atoms with Gasteiger partial charge in [0.1, 0.15) is 5.75 Å². The van der Waals surface area contributed by atoms with E-state index < -0.39 is 10.0 Å². The van der Waals surface area contributed by atoms with Crippen LogP contribution in [0.2, 0.25) is 0 Å². The van der Waals surface area contributed by atoms with Gasteiger partial charge in [0.25, 0.3) is 5.91 Å². The maximum atomic E-state index is 12.5. The summed E-state index contributed by atoms with van der Waals surface area (Å²) >= 11 is 0. The van der Waals surface area contributed by atoms with Gasteiger partial charge in [-0.05, 0) is 62.7 Å². The molecule has 0 fully saturated rings. The Balaban J connectivity index is 2.04. The monoisotopic (exact) mass is 420 g/mol. The van der Waals surface area contributed by atoms with Gasteiger partial charge in [-0.2, -0.15) is 0 Å². The van der Waals surface area contributed by atoms with Crippen molar-refractivity contribution in [3.63, 3.8) is 0 Å². The summed E-state index contributed by atoms with van der Waals surface area (Å²) < 4.78 is 37.3. The van der Waals surface area contributed by atoms with Crippen LogP contribution in [0.5, 0.6) is 5.75 Å². The summed E-state index contributed by atoms with van der Waals surface area (Å²) in [6, 6.07) is 13.1. The molecule has 0 spiro atoms. The lowest BCUT2D eigenvalue weighted by molar-refractivity contribution is 0.0939. The second-order valence-corrected chi connectivity index (χ2v) is 8.62. The van der Waals surface area contributed by atoms with E-state index >= 15 is 0 Å². The number of hydrogen-bond acceptors (Lipinski definition) is 5. The smallest absolute Gasteiger partial charge is 0.251 e. The number of methoxy groups -OCH3 is 1. The molecule has 29 heavy (non-hydrogen) atoms. The molecule has 0 saturated carbocycles. The molecule has 7 nitrogen and oxygen atoms in total. The first-order valence-electron chi connectivity index (χ1n) is 9.39. The Morgan fingerprint density at radius 2 is 1.76 bits per heavy atom. The van der Waals surface area contributed by atoms with E-state index in [1.807, 2.05) is 45.0 Å². The van der Waals surface area contributed by atoms with E-state index in [0.29, 0.717) is 5.56 Å². The SMILES string of the molecule is COCCNS(=O)(=O)c1ccc(C(=O)NC(C)c2cccc(OC(C)C)c2)cc1. The van der Waals surface area contributed by atoms with Crippen molar-refractivity contribution in [3.05, 3.63) is 59.7 Å². The van der Waals surface area contributed by atoms with Gasteiger partial charge in [-0.1, -0.05) is 12.1 Å². The average Bonchev–Trinajstić information content (AvgIpc) is 2.68. The Morgan fingerprint density at radius 1 is 1.07 bits per heavy atom. The van der Waals surface area contributed by atoms with Crippen LogP contribution in [0.3, 0.4) is 0 Å². The van der Waals surface area contributed by atoms with Crippen molar-refractivity contribution < 1.29 is 22.7 Å². The molecule has 2 N–H and O–H groups in total. The molecule has 8 heteroatoms. The zero-order chi connectivity index (χ0) is 21.4. The Hall–Kier alpha value is -2.42. The fourth-order valence-corrected chi connectivity index (χ4v) is 3.65. The highest BCUT2D eigenvalue weighted by atomic mass is 32.2. The normalized spacial score (nSPS) is 12.6. The lowest BCUT2D eigenvalue weighted by Crippen LogP contribution is -2.28. The van der Waals surface area contributed by atoms with Crippen molar-refractivity contribution in [3.8, 4) is 5.75 Å². The van der Waals surface area contributed by atoms with Gasteiger partial charge in [-0.3, -0.25) is 4.79 Å². The maximum absolute atomic E-state index is 12.5. The molecular weight excluding hydrogens is 392 g/mol. The largest absolute Gasteiger partial charge is 0.491 e. The van der Waals surface area contributed by atoms with Gasteiger partial charge in [0, 0.05) is 19.2 Å². The molecule has 0 heterocycles. The van der Waals surface area contributed by atoms with Crippen LogP contribution < -0.4 is 14.8 Å². The van der Waals surface area contributed by atoms with Gasteiger partial charge in [-0.15, -0.1) is 0 Å². The summed E-state index contributed by atoms with van der Waals surface area (Å²) in [4.78, 5) is 12.6. The van der Waals surface area contributed by atoms with Crippen LogP contribution in [0.1, 0.15) is 42.7 Å². The summed E-state index contributed by atoms with van der Waals surface area (Å²) in [7, 11) is -2.14. The first kappa shape index (κ1) is 22.9. The Morgan fingerprint density at radius 3 is 2.38 bits per heavy atom. The topological polar surface area (TPSA) is 93.7 Å². The molecule has 0 radical (unpaired) electrons. The number of hydrogen-bond donors (Lipinski definition) is 2. The van der Waals surface area contributed by atoms with Gasteiger partial charge in [0.05, 0.1) is 23.6 Å². The highest BCUT2D eigenvalue weighted by molar-refractivity contribution is 7.89. The van der Waals surface area contributed by atoms with Gasteiger partial charge in [-0.25, -0.2) is 13.1 Å². The highest BCUT2D eigenvalue weighted by Crippen LogP contribution is 2.20. The van der Waals surface area contributed by atoms with E-state index in [-0.39, 0.29) is 36.1 Å². The van der Waals surface area contributed by atoms with Gasteiger partial charge in [0.2, 0.25) is 10.0 Å². The quantitative estimate of drug-likeness (QED) is 0.577. The molecule has 2 rings (SSSR count). The molecule has 1 amide bonds. The molecule has 0 saturated heterocycles. The average molecular weight is 421 g/mol. The van der Waals surface area contributed by atoms with Gasteiger partial charge in [0.15, 0.2) is 0 Å². The summed E-state index contributed by atoms with van der Waals surface area (Å²) in [6.45, 7) is 6.24. The Kier molecular flexibility index (Phi) is 8.19. The van der Waals surface area contributed by atoms with E-state index in [9.17, 15) is 13.2 Å². The molecule has 2 aromatic carbocycles. The molecule has 0 aliphatic rings. The second-order valence-electron chi connectivity index (χ2n) is 6.85. The minimum absolute atomic E-state index is 0.0638. The fraction of sp³-hybridized carbons (Fsp3) is 0.381. The molecule has 158 valence electrons. The number of carbonyl (C=O) groups is 1. The number of rotatable bonds is 10. The first-order valence-corrected chi connectivity index (χ1v) is 10.9. The van der Waals surface area contributed by atoms with Crippen molar-refractivity contribution in [1.82, 2.24) is 10.0 Å². The Labute approximate surface area is 172 Å². The number of carbonyl (C=O) groups excluding carboxylic acids is 1. The summed E-state index contributed by atoms with van der Waals surface area (Å²) in [6.07, 6.45) is 0.0638. The molecule has 0 aliphatic carbocycles. The van der Waals surface area contributed by atoms with E-state index in [0.717, 1.165) is 11.3 Å². The van der Waals surface area contributed by atoms with Crippen LogP contribution in [0.25, 0.3) is 0 Å². The van der Waals surface area contributed by atoms with E-state index in [4.69, 9.17) is 9.47 Å². The zero-order valence-corrected chi connectivity index (χ0v) is 18.0. The van der Waals surface area contributed by atoms with Crippen LogP contribution in [0.15, 0.2) is 53.4 Å². The standard InChI is InChI=1S/C21H28N2O5S/c1-15(2)28-19-7-5-6-18(14-19)16(3)23-21(24)17-8-10-20(11-9-17)29(25,26)22-12-13-27-4/h5-11,14-16,22H,12-13H2,1-4H3,(H,23,24). The number of nitrogens with one attached hydrogen (secondary N) is 2. The minimum atomic E-state index is -3.63. The predicted octanol–water partition coefficient (Wildman–Crippen LogP) is 2.89. The van der Waals surface area contributed by atoms with Gasteiger partial charge < -0.3 is 14.8 Å². The van der Waals surface area contributed by atoms with Crippen molar-refractivity contribution in [2.45, 2.75) is 37.8 Å². The number of benzene rings is 2. The molecule has 0 aliphatic heterocycles. The summed E-state index contributed by atoms with van der Waals surface area (Å²) in [5.74, 6) is 0.457. The van der Waals surface area contributed by atoms with Crippen molar-refractivity contribution in [1.29, 1.82) is 0 Å². The van der Waals surface area contributed by atoms with Crippen LogP contribution in [-0.2, 0) is 14.8 Å². The van der Waals surface area contributed by atoms with Crippen LogP contribution in [0, 0.1) is 0 Å². The third-order valence-corrected chi connectivity index (χ3v) is 5.58. The lowest BCUT2D eigenvalue weighted by atomic mass is 10.1. The van der Waals surface area contributed by atoms with Crippen molar-refractivity contribution >= 4 is 15.9 Å². The molecule has 0 bridgehead atoms. The van der Waals surface area contributed by atoms with E-state index in [1.165, 1.54) is 31.4 Å². The number of amides is 1. The van der Waals surface area contributed by atoms with Crippen LogP contribution in [-0.4, -0.2) is 40.7 Å². The lowest BCUT2D eigenvalue weighted by Gasteiger charge is -2.17. The zero-order valence-electron chi connectivity index (χ0n) is 17.1. The maximum Gasteiger partial charge on any atom is 0.251 e. The number of sulfonamides is 1. The molecule has 2 aromatic rings. The third-order valence-electron chi connectivity index (χ3n) is 4.10.